The Kier molecular flexibility index (Phi) is 11.1. The second-order valence-corrected chi connectivity index (χ2v) is 9.34. The van der Waals surface area contributed by atoms with Gasteiger partial charge in [-0.1, -0.05) is 60.7 Å². The molecule has 1 heterocycles. The summed E-state index contributed by atoms with van der Waals surface area (Å²) in [6.45, 7) is 1.07. The number of cyclic esters (lactones) is 1. The molecule has 0 bridgehead atoms. The third-order valence-electron chi connectivity index (χ3n) is 6.33. The summed E-state index contributed by atoms with van der Waals surface area (Å²) in [7, 11) is 0. The van der Waals surface area contributed by atoms with Gasteiger partial charge in [0, 0.05) is 20.0 Å². The molecule has 0 spiro atoms. The zero-order chi connectivity index (χ0) is 28.2. The molecule has 39 heavy (non-hydrogen) atoms. The van der Waals surface area contributed by atoms with Crippen molar-refractivity contribution in [1.82, 2.24) is 4.90 Å². The number of amides is 2. The Morgan fingerprint density at radius 3 is 2.26 bits per heavy atom. The maximum atomic E-state index is 14.0. The van der Waals surface area contributed by atoms with Crippen molar-refractivity contribution < 1.29 is 38.6 Å². The van der Waals surface area contributed by atoms with E-state index in [0.29, 0.717) is 24.8 Å². The van der Waals surface area contributed by atoms with Crippen LogP contribution in [-0.4, -0.2) is 64.9 Å². The quantitative estimate of drug-likeness (QED) is 0.222. The number of unbranched alkanes of at least 4 members (excludes halogenated alkanes) is 1. The smallest absolute Gasteiger partial charge is 0.416 e. The maximum Gasteiger partial charge on any atom is 0.416 e. The summed E-state index contributed by atoms with van der Waals surface area (Å²) in [5, 5.41) is 8.90. The summed E-state index contributed by atoms with van der Waals surface area (Å²) in [6, 6.07) is 17.6. The second kappa shape index (κ2) is 14.7. The molecule has 1 aliphatic rings. The first-order chi connectivity index (χ1) is 18.8. The van der Waals surface area contributed by atoms with Gasteiger partial charge in [-0.25, -0.2) is 9.69 Å². The van der Waals surface area contributed by atoms with Crippen molar-refractivity contribution in [3.63, 3.8) is 0 Å². The lowest BCUT2D eigenvalue weighted by atomic mass is 9.89. The minimum Gasteiger partial charge on any atom is -0.453 e. The van der Waals surface area contributed by atoms with Crippen molar-refractivity contribution >= 4 is 29.5 Å². The number of hydrogen-bond acceptors (Lipinski definition) is 8. The lowest BCUT2D eigenvalue weighted by Crippen LogP contribution is -2.49. The average Bonchev–Trinajstić information content (AvgIpc) is 3.29. The van der Waals surface area contributed by atoms with Crippen LogP contribution in [0.5, 0.6) is 0 Å². The molecule has 3 rings (SSSR count). The van der Waals surface area contributed by atoms with Gasteiger partial charge in [0.1, 0.15) is 6.61 Å². The Labute approximate surface area is 227 Å². The molecule has 0 aliphatic carbocycles. The molecular formula is C30H33NO8. The highest BCUT2D eigenvalue weighted by Gasteiger charge is 2.45. The minimum atomic E-state index is -1.57. The van der Waals surface area contributed by atoms with Crippen LogP contribution in [0, 0.1) is 5.92 Å². The van der Waals surface area contributed by atoms with Gasteiger partial charge in [-0.15, -0.1) is 0 Å². The van der Waals surface area contributed by atoms with Crippen molar-refractivity contribution in [3.8, 4) is 0 Å². The number of esters is 1. The normalized spacial score (nSPS) is 16.5. The molecule has 2 amide bonds. The third kappa shape index (κ3) is 8.71. The van der Waals surface area contributed by atoms with Gasteiger partial charge in [0.2, 0.25) is 5.91 Å². The van der Waals surface area contributed by atoms with E-state index >= 15 is 0 Å². The van der Waals surface area contributed by atoms with E-state index in [2.05, 4.69) is 0 Å². The largest absolute Gasteiger partial charge is 0.453 e. The number of nitrogens with zero attached hydrogens (tertiary/aromatic N) is 1. The van der Waals surface area contributed by atoms with Crippen LogP contribution >= 0.6 is 0 Å². The van der Waals surface area contributed by atoms with Gasteiger partial charge in [0.05, 0.1) is 12.0 Å². The number of carbonyl (C=O) groups is 5. The van der Waals surface area contributed by atoms with E-state index in [1.165, 1.54) is 0 Å². The summed E-state index contributed by atoms with van der Waals surface area (Å²) in [5.74, 6) is -3.82. The molecular weight excluding hydrogens is 502 g/mol. The van der Waals surface area contributed by atoms with Crippen molar-refractivity contribution in [1.29, 1.82) is 0 Å². The van der Waals surface area contributed by atoms with Crippen LogP contribution in [0.4, 0.5) is 4.79 Å². The number of ketones is 2. The molecule has 0 unspecified atom stereocenters. The molecule has 0 aromatic heterocycles. The monoisotopic (exact) mass is 535 g/mol. The molecule has 2 aromatic carbocycles. The van der Waals surface area contributed by atoms with E-state index < -0.39 is 41.8 Å². The van der Waals surface area contributed by atoms with E-state index in [0.717, 1.165) is 29.5 Å². The number of carbonyl (C=O) groups excluding carboxylic acids is 5. The van der Waals surface area contributed by atoms with E-state index in [1.807, 2.05) is 30.3 Å². The molecule has 1 aliphatic heterocycles. The molecule has 0 radical (unpaired) electrons. The predicted octanol–water partition coefficient (Wildman–Crippen LogP) is 3.22. The van der Waals surface area contributed by atoms with E-state index in [9.17, 15) is 24.0 Å². The van der Waals surface area contributed by atoms with E-state index in [1.54, 1.807) is 30.3 Å². The SMILES string of the molecule is CC(=O)O[C@@H](C(=O)C=CC(=O)CCCCO)[C@H](Cc1ccccc1)C(=O)N1C(=O)OC[C@H]1Cc1ccccc1. The highest BCUT2D eigenvalue weighted by Crippen LogP contribution is 2.26. The summed E-state index contributed by atoms with van der Waals surface area (Å²) in [6.07, 6.45) is 1.09. The van der Waals surface area contributed by atoms with Crippen molar-refractivity contribution in [2.75, 3.05) is 13.2 Å². The molecule has 9 nitrogen and oxygen atoms in total. The highest BCUT2D eigenvalue weighted by atomic mass is 16.6. The van der Waals surface area contributed by atoms with Gasteiger partial charge in [-0.2, -0.15) is 0 Å². The second-order valence-electron chi connectivity index (χ2n) is 9.34. The fraction of sp³-hybridized carbons (Fsp3) is 0.367. The molecule has 1 saturated heterocycles. The fourth-order valence-electron chi connectivity index (χ4n) is 4.42. The van der Waals surface area contributed by atoms with Gasteiger partial charge < -0.3 is 14.6 Å². The number of aliphatic hydroxyl groups is 1. The first-order valence-corrected chi connectivity index (χ1v) is 12.9. The summed E-state index contributed by atoms with van der Waals surface area (Å²) < 4.78 is 10.6. The summed E-state index contributed by atoms with van der Waals surface area (Å²) in [5.41, 5.74) is 1.59. The predicted molar refractivity (Wildman–Crippen MR) is 141 cm³/mol. The van der Waals surface area contributed by atoms with Crippen LogP contribution in [-0.2, 0) is 41.5 Å². The van der Waals surface area contributed by atoms with Gasteiger partial charge in [-0.05, 0) is 49.0 Å². The molecule has 1 N–H and O–H groups in total. The van der Waals surface area contributed by atoms with Crippen LogP contribution in [0.2, 0.25) is 0 Å². The van der Waals surface area contributed by atoms with Crippen LogP contribution in [0.15, 0.2) is 72.8 Å². The van der Waals surface area contributed by atoms with Crippen molar-refractivity contribution in [3.05, 3.63) is 83.9 Å². The summed E-state index contributed by atoms with van der Waals surface area (Å²) in [4.78, 5) is 65.2. The Morgan fingerprint density at radius 2 is 1.64 bits per heavy atom. The zero-order valence-electron chi connectivity index (χ0n) is 21.9. The highest BCUT2D eigenvalue weighted by molar-refractivity contribution is 6.04. The number of imide groups is 1. The van der Waals surface area contributed by atoms with Gasteiger partial charge in [-0.3, -0.25) is 19.2 Å². The summed E-state index contributed by atoms with van der Waals surface area (Å²) >= 11 is 0. The maximum absolute atomic E-state index is 14.0. The first kappa shape index (κ1) is 29.4. The first-order valence-electron chi connectivity index (χ1n) is 12.9. The minimum absolute atomic E-state index is 0.00346. The van der Waals surface area contributed by atoms with Gasteiger partial charge in [0.25, 0.3) is 0 Å². The number of allylic oxidation sites excluding steroid dienone is 1. The number of aliphatic hydroxyl groups excluding tert-OH is 1. The topological polar surface area (TPSA) is 127 Å². The van der Waals surface area contributed by atoms with Gasteiger partial charge >= 0.3 is 12.1 Å². The Bertz CT molecular complexity index is 1180. The van der Waals surface area contributed by atoms with Crippen molar-refractivity contribution in [2.45, 2.75) is 51.2 Å². The Morgan fingerprint density at radius 1 is 1.00 bits per heavy atom. The van der Waals surface area contributed by atoms with Crippen LogP contribution < -0.4 is 0 Å². The molecule has 0 saturated carbocycles. The number of ether oxygens (including phenoxy) is 2. The zero-order valence-corrected chi connectivity index (χ0v) is 21.9. The number of benzene rings is 2. The third-order valence-corrected chi connectivity index (χ3v) is 6.33. The van der Waals surface area contributed by atoms with Crippen LogP contribution in [0.25, 0.3) is 0 Å². The Hall–Kier alpha value is -4.11. The average molecular weight is 536 g/mol. The number of rotatable bonds is 14. The fourth-order valence-corrected chi connectivity index (χ4v) is 4.42. The van der Waals surface area contributed by atoms with Crippen LogP contribution in [0.1, 0.15) is 37.3 Å². The van der Waals surface area contributed by atoms with Crippen molar-refractivity contribution in [2.24, 2.45) is 5.92 Å². The molecule has 2 aromatic rings. The molecule has 1 fully saturated rings. The standard InChI is InChI=1S/C30H33NO8/c1-21(33)39-28(27(35)16-15-25(34)14-8-9-17-32)26(19-23-12-6-3-7-13-23)29(36)31-24(20-38-30(31)37)18-22-10-4-2-5-11-22/h2-7,10-13,15-16,24,26,28,32H,8-9,14,17-20H2,1H3/t24-,26+,28-/m1/s1. The lowest BCUT2D eigenvalue weighted by molar-refractivity contribution is -0.158. The Balaban J connectivity index is 1.91. The van der Waals surface area contributed by atoms with Gasteiger partial charge in [0.15, 0.2) is 17.7 Å². The van der Waals surface area contributed by atoms with E-state index in [-0.39, 0.29) is 31.8 Å². The lowest BCUT2D eigenvalue weighted by Gasteiger charge is -2.29. The molecule has 9 heteroatoms. The van der Waals surface area contributed by atoms with Crippen LogP contribution in [0.3, 0.4) is 0 Å². The molecule has 3 atom stereocenters. The number of hydrogen-bond donors (Lipinski definition) is 1. The van der Waals surface area contributed by atoms with E-state index in [4.69, 9.17) is 14.6 Å². The molecule has 206 valence electrons.